The molecule has 0 bridgehead atoms. The van der Waals surface area contributed by atoms with E-state index in [4.69, 9.17) is 28.6 Å². The number of aryl methyl sites for hydroxylation is 1. The van der Waals surface area contributed by atoms with Gasteiger partial charge in [-0.15, -0.1) is 21.5 Å². The number of benzene rings is 1. The van der Waals surface area contributed by atoms with Crippen LogP contribution in [0.25, 0.3) is 6.08 Å². The first kappa shape index (κ1) is 16.6. The number of Topliss-reactive ketones (excluding diaryl/α,β-unsaturated/α-hetero) is 1. The van der Waals surface area contributed by atoms with Crippen LogP contribution in [0.15, 0.2) is 23.1 Å². The molecule has 118 valence electrons. The molecule has 0 saturated carbocycles. The van der Waals surface area contributed by atoms with Gasteiger partial charge in [-0.25, -0.2) is 0 Å². The van der Waals surface area contributed by atoms with Crippen LogP contribution in [0.1, 0.15) is 28.4 Å². The molecule has 0 radical (unpaired) electrons. The second-order valence-electron chi connectivity index (χ2n) is 4.83. The molecule has 1 aliphatic heterocycles. The van der Waals surface area contributed by atoms with E-state index in [1.165, 1.54) is 11.3 Å². The molecule has 1 fully saturated rings. The molecule has 1 aromatic heterocycles. The van der Waals surface area contributed by atoms with E-state index >= 15 is 0 Å². The molecule has 1 atom stereocenters. The summed E-state index contributed by atoms with van der Waals surface area (Å²) in [7, 11) is 0. The molecule has 0 unspecified atom stereocenters. The highest BCUT2D eigenvalue weighted by Crippen LogP contribution is 2.42. The lowest BCUT2D eigenvalue weighted by molar-refractivity contribution is -0.114. The minimum Gasteiger partial charge on any atom is -0.297 e. The van der Waals surface area contributed by atoms with E-state index in [-0.39, 0.29) is 10.8 Å². The fourth-order valence-corrected chi connectivity index (χ4v) is 4.51. The van der Waals surface area contributed by atoms with E-state index in [1.54, 1.807) is 24.3 Å². The normalized spacial score (nSPS) is 19.8. The summed E-state index contributed by atoms with van der Waals surface area (Å²) >= 11 is 14.5. The zero-order valence-electron chi connectivity index (χ0n) is 12.0. The van der Waals surface area contributed by atoms with Gasteiger partial charge in [0.1, 0.15) is 15.9 Å². The van der Waals surface area contributed by atoms with Crippen molar-refractivity contribution in [1.29, 1.82) is 5.41 Å². The molecule has 2 aromatic rings. The lowest BCUT2D eigenvalue weighted by atomic mass is 10.1. The van der Waals surface area contributed by atoms with Gasteiger partial charge in [0, 0.05) is 10.0 Å². The van der Waals surface area contributed by atoms with Gasteiger partial charge in [-0.3, -0.25) is 10.2 Å². The maximum absolute atomic E-state index is 12.6. The first-order valence-corrected chi connectivity index (χ1v) is 9.18. The van der Waals surface area contributed by atoms with Crippen molar-refractivity contribution in [3.05, 3.63) is 48.7 Å². The first-order chi connectivity index (χ1) is 11.0. The van der Waals surface area contributed by atoms with Crippen molar-refractivity contribution in [3.8, 4) is 0 Å². The molecule has 23 heavy (non-hydrogen) atoms. The van der Waals surface area contributed by atoms with Crippen molar-refractivity contribution in [2.75, 3.05) is 0 Å². The Kier molecular flexibility index (Phi) is 4.87. The Hall–Kier alpha value is -1.21. The number of aromatic nitrogens is 2. The van der Waals surface area contributed by atoms with Crippen molar-refractivity contribution in [2.24, 2.45) is 0 Å². The standard InChI is InChI=1S/C15H11Cl2N3OS2/c1-2-11-19-20-15(23-11)12-13(21)10(22-14(12)18)5-7-3-4-8(16)6-9(7)17/h3-6,12,18H,2H2,1H3/b10-5-,18-14?/t12-/m0/s1. The zero-order chi connectivity index (χ0) is 16.6. The van der Waals surface area contributed by atoms with Gasteiger partial charge >= 0.3 is 0 Å². The minimum absolute atomic E-state index is 0.134. The van der Waals surface area contributed by atoms with Gasteiger partial charge in [0.2, 0.25) is 0 Å². The molecule has 1 aliphatic rings. The highest BCUT2D eigenvalue weighted by molar-refractivity contribution is 8.19. The lowest BCUT2D eigenvalue weighted by Crippen LogP contribution is -2.11. The molecule has 8 heteroatoms. The number of hydrogen-bond donors (Lipinski definition) is 1. The number of rotatable bonds is 3. The van der Waals surface area contributed by atoms with E-state index < -0.39 is 5.92 Å². The Morgan fingerprint density at radius 3 is 2.78 bits per heavy atom. The topological polar surface area (TPSA) is 66.7 Å². The third-order valence-corrected chi connectivity index (χ3v) is 5.96. The van der Waals surface area contributed by atoms with Crippen LogP contribution in [-0.2, 0) is 11.2 Å². The second kappa shape index (κ2) is 6.73. The van der Waals surface area contributed by atoms with Gasteiger partial charge in [-0.05, 0) is 30.2 Å². The highest BCUT2D eigenvalue weighted by atomic mass is 35.5. The molecule has 0 aliphatic carbocycles. The molecule has 0 spiro atoms. The summed E-state index contributed by atoms with van der Waals surface area (Å²) in [5, 5.41) is 18.9. The summed E-state index contributed by atoms with van der Waals surface area (Å²) in [6.45, 7) is 1.98. The number of thioether (sulfide) groups is 1. The molecule has 3 rings (SSSR count). The summed E-state index contributed by atoms with van der Waals surface area (Å²) in [5.41, 5.74) is 0.701. The van der Waals surface area contributed by atoms with Crippen LogP contribution in [0, 0.1) is 5.41 Å². The average molecular weight is 384 g/mol. The fraction of sp³-hybridized carbons (Fsp3) is 0.200. The van der Waals surface area contributed by atoms with Crippen LogP contribution in [0.5, 0.6) is 0 Å². The number of halogens is 2. The minimum atomic E-state index is -0.643. The number of carbonyl (C=O) groups excluding carboxylic acids is 1. The Balaban J connectivity index is 1.93. The molecule has 1 N–H and O–H groups in total. The number of ketones is 1. The number of allylic oxidation sites excluding steroid dienone is 1. The van der Waals surface area contributed by atoms with Crippen molar-refractivity contribution < 1.29 is 4.79 Å². The lowest BCUT2D eigenvalue weighted by Gasteiger charge is -2.01. The van der Waals surface area contributed by atoms with Gasteiger partial charge < -0.3 is 0 Å². The summed E-state index contributed by atoms with van der Waals surface area (Å²) in [5.74, 6) is -0.778. The Bertz CT molecular complexity index is 832. The third kappa shape index (κ3) is 3.35. The number of nitrogens with one attached hydrogen (secondary N) is 1. The van der Waals surface area contributed by atoms with Gasteiger partial charge in [0.05, 0.1) is 9.95 Å². The molecule has 0 amide bonds. The fourth-order valence-electron chi connectivity index (χ4n) is 2.10. The van der Waals surface area contributed by atoms with Gasteiger partial charge in [-0.2, -0.15) is 0 Å². The van der Waals surface area contributed by atoms with Crippen molar-refractivity contribution in [1.82, 2.24) is 10.2 Å². The van der Waals surface area contributed by atoms with Gasteiger partial charge in [0.15, 0.2) is 5.78 Å². The molecule has 1 aromatic carbocycles. The van der Waals surface area contributed by atoms with Crippen molar-refractivity contribution in [2.45, 2.75) is 19.3 Å². The number of carbonyl (C=O) groups is 1. The van der Waals surface area contributed by atoms with E-state index in [2.05, 4.69) is 10.2 Å². The van der Waals surface area contributed by atoms with E-state index in [0.717, 1.165) is 23.2 Å². The van der Waals surface area contributed by atoms with Gasteiger partial charge in [-0.1, -0.05) is 48.0 Å². The predicted octanol–water partition coefficient (Wildman–Crippen LogP) is 4.83. The van der Waals surface area contributed by atoms with Crippen molar-refractivity contribution >= 4 is 63.2 Å². The van der Waals surface area contributed by atoms with Crippen LogP contribution in [0.4, 0.5) is 0 Å². The largest absolute Gasteiger partial charge is 0.297 e. The molecule has 2 heterocycles. The average Bonchev–Trinajstić information content (AvgIpc) is 3.07. The van der Waals surface area contributed by atoms with Crippen LogP contribution >= 0.6 is 46.3 Å². The maximum Gasteiger partial charge on any atom is 0.186 e. The third-order valence-electron chi connectivity index (χ3n) is 3.27. The van der Waals surface area contributed by atoms with E-state index in [9.17, 15) is 4.79 Å². The number of hydrogen-bond acceptors (Lipinski definition) is 6. The second-order valence-corrected chi connectivity index (χ2v) is 7.85. The Morgan fingerprint density at radius 1 is 1.35 bits per heavy atom. The Morgan fingerprint density at radius 2 is 2.13 bits per heavy atom. The zero-order valence-corrected chi connectivity index (χ0v) is 15.1. The van der Waals surface area contributed by atoms with E-state index in [0.29, 0.717) is 25.5 Å². The predicted molar refractivity (Wildman–Crippen MR) is 96.8 cm³/mol. The first-order valence-electron chi connectivity index (χ1n) is 6.79. The van der Waals surface area contributed by atoms with Crippen LogP contribution < -0.4 is 0 Å². The quantitative estimate of drug-likeness (QED) is 0.770. The molecule has 4 nitrogen and oxygen atoms in total. The molecular formula is C15H11Cl2N3OS2. The molecule has 1 saturated heterocycles. The Labute approximate surface area is 151 Å². The summed E-state index contributed by atoms with van der Waals surface area (Å²) < 4.78 is 0. The summed E-state index contributed by atoms with van der Waals surface area (Å²) in [4.78, 5) is 13.1. The van der Waals surface area contributed by atoms with Crippen LogP contribution in [0.2, 0.25) is 10.0 Å². The van der Waals surface area contributed by atoms with Crippen molar-refractivity contribution in [3.63, 3.8) is 0 Å². The highest BCUT2D eigenvalue weighted by Gasteiger charge is 2.39. The number of nitrogens with zero attached hydrogens (tertiary/aromatic N) is 2. The maximum atomic E-state index is 12.6. The van der Waals surface area contributed by atoms with Gasteiger partial charge in [0.25, 0.3) is 0 Å². The van der Waals surface area contributed by atoms with Crippen LogP contribution in [0.3, 0.4) is 0 Å². The SMILES string of the molecule is CCc1nnc([C@@H]2C(=N)S/C(=C\c3ccc(Cl)cc3Cl)C2=O)s1. The summed E-state index contributed by atoms with van der Waals surface area (Å²) in [6.07, 6.45) is 2.46. The van der Waals surface area contributed by atoms with E-state index in [1.807, 2.05) is 6.92 Å². The van der Waals surface area contributed by atoms with Crippen LogP contribution in [-0.4, -0.2) is 21.0 Å². The summed E-state index contributed by atoms with van der Waals surface area (Å²) in [6, 6.07) is 5.09. The smallest absolute Gasteiger partial charge is 0.186 e. The molecular weight excluding hydrogens is 373 g/mol. The monoisotopic (exact) mass is 383 g/mol.